The van der Waals surface area contributed by atoms with Gasteiger partial charge in [-0.2, -0.15) is 0 Å². The SMILES string of the molecule is COc1ccccc1OCC(=O)NC(CO)CO. The molecule has 0 unspecified atom stereocenters. The van der Waals surface area contributed by atoms with Gasteiger partial charge in [-0.3, -0.25) is 4.79 Å². The van der Waals surface area contributed by atoms with Crippen molar-refractivity contribution in [3.8, 4) is 11.5 Å². The van der Waals surface area contributed by atoms with E-state index in [1.54, 1.807) is 24.3 Å². The Hall–Kier alpha value is -1.79. The largest absolute Gasteiger partial charge is 0.493 e. The average Bonchev–Trinajstić information content (AvgIpc) is 2.42. The van der Waals surface area contributed by atoms with Crippen LogP contribution < -0.4 is 14.8 Å². The van der Waals surface area contributed by atoms with E-state index in [1.807, 2.05) is 0 Å². The van der Waals surface area contributed by atoms with Gasteiger partial charge in [0.1, 0.15) is 0 Å². The molecule has 0 spiro atoms. The van der Waals surface area contributed by atoms with Gasteiger partial charge in [-0.15, -0.1) is 0 Å². The number of rotatable bonds is 7. The van der Waals surface area contributed by atoms with E-state index in [0.29, 0.717) is 11.5 Å². The summed E-state index contributed by atoms with van der Waals surface area (Å²) >= 11 is 0. The minimum Gasteiger partial charge on any atom is -0.493 e. The average molecular weight is 255 g/mol. The number of methoxy groups -OCH3 is 1. The smallest absolute Gasteiger partial charge is 0.258 e. The zero-order valence-electron chi connectivity index (χ0n) is 10.1. The van der Waals surface area contributed by atoms with Crippen LogP contribution in [0.15, 0.2) is 24.3 Å². The van der Waals surface area contributed by atoms with Crippen molar-refractivity contribution in [1.29, 1.82) is 0 Å². The van der Waals surface area contributed by atoms with Gasteiger partial charge in [-0.1, -0.05) is 12.1 Å². The first kappa shape index (κ1) is 14.3. The number of aliphatic hydroxyl groups excluding tert-OH is 2. The molecule has 0 saturated carbocycles. The molecule has 0 radical (unpaired) electrons. The lowest BCUT2D eigenvalue weighted by Crippen LogP contribution is -2.42. The number of carbonyl (C=O) groups excluding carboxylic acids is 1. The van der Waals surface area contributed by atoms with E-state index in [4.69, 9.17) is 19.7 Å². The molecule has 0 saturated heterocycles. The Balaban J connectivity index is 2.47. The Bertz CT molecular complexity index is 378. The molecule has 0 aliphatic heterocycles. The zero-order chi connectivity index (χ0) is 13.4. The molecule has 0 bridgehead atoms. The molecule has 1 aromatic carbocycles. The number of hydrogen-bond acceptors (Lipinski definition) is 5. The number of hydrogen-bond donors (Lipinski definition) is 3. The van der Waals surface area contributed by atoms with Crippen LogP contribution in [-0.4, -0.2) is 49.1 Å². The van der Waals surface area contributed by atoms with Crippen molar-refractivity contribution in [3.63, 3.8) is 0 Å². The molecular formula is C12H17NO5. The summed E-state index contributed by atoms with van der Waals surface area (Å²) in [5.74, 6) is 0.569. The number of amides is 1. The number of para-hydroxylation sites is 2. The van der Waals surface area contributed by atoms with Crippen LogP contribution in [0.1, 0.15) is 0 Å². The Morgan fingerprint density at radius 2 is 1.89 bits per heavy atom. The lowest BCUT2D eigenvalue weighted by atomic mass is 10.3. The summed E-state index contributed by atoms with van der Waals surface area (Å²) < 4.78 is 10.3. The molecule has 18 heavy (non-hydrogen) atoms. The summed E-state index contributed by atoms with van der Waals surface area (Å²) in [5, 5.41) is 20.0. The Kier molecular flexibility index (Phi) is 5.96. The van der Waals surface area contributed by atoms with Crippen LogP contribution in [0.3, 0.4) is 0 Å². The first-order chi connectivity index (χ1) is 8.71. The van der Waals surface area contributed by atoms with Crippen molar-refractivity contribution in [2.75, 3.05) is 26.9 Å². The first-order valence-electron chi connectivity index (χ1n) is 5.48. The van der Waals surface area contributed by atoms with Crippen molar-refractivity contribution < 1.29 is 24.5 Å². The summed E-state index contributed by atoms with van der Waals surface area (Å²) in [5.41, 5.74) is 0. The predicted octanol–water partition coefficient (Wildman–Crippen LogP) is -0.457. The molecule has 1 aromatic rings. The molecule has 100 valence electrons. The van der Waals surface area contributed by atoms with Gasteiger partial charge in [0.15, 0.2) is 18.1 Å². The van der Waals surface area contributed by atoms with Crippen LogP contribution in [0.5, 0.6) is 11.5 Å². The molecule has 3 N–H and O–H groups in total. The third kappa shape index (κ3) is 4.23. The van der Waals surface area contributed by atoms with E-state index in [1.165, 1.54) is 7.11 Å². The van der Waals surface area contributed by atoms with Gasteiger partial charge < -0.3 is 25.0 Å². The van der Waals surface area contributed by atoms with E-state index in [-0.39, 0.29) is 19.8 Å². The van der Waals surface area contributed by atoms with E-state index < -0.39 is 11.9 Å². The van der Waals surface area contributed by atoms with Crippen molar-refractivity contribution in [2.45, 2.75) is 6.04 Å². The summed E-state index contributed by atoms with van der Waals surface area (Å²) in [4.78, 5) is 11.4. The summed E-state index contributed by atoms with van der Waals surface area (Å²) in [6, 6.07) is 6.29. The van der Waals surface area contributed by atoms with Gasteiger partial charge >= 0.3 is 0 Å². The van der Waals surface area contributed by atoms with Gasteiger partial charge in [-0.05, 0) is 12.1 Å². The third-order valence-corrected chi connectivity index (χ3v) is 2.23. The second kappa shape index (κ2) is 7.52. The van der Waals surface area contributed by atoms with Crippen molar-refractivity contribution in [1.82, 2.24) is 5.32 Å². The number of ether oxygens (including phenoxy) is 2. The molecule has 0 aliphatic carbocycles. The summed E-state index contributed by atoms with van der Waals surface area (Å²) in [7, 11) is 1.51. The van der Waals surface area contributed by atoms with Crippen molar-refractivity contribution >= 4 is 5.91 Å². The molecule has 0 fully saturated rings. The monoisotopic (exact) mass is 255 g/mol. The van der Waals surface area contributed by atoms with Gasteiger partial charge in [-0.25, -0.2) is 0 Å². The minimum atomic E-state index is -0.668. The molecule has 0 heterocycles. The minimum absolute atomic E-state index is 0.211. The third-order valence-electron chi connectivity index (χ3n) is 2.23. The van der Waals surface area contributed by atoms with Gasteiger partial charge in [0.05, 0.1) is 26.4 Å². The topological polar surface area (TPSA) is 88.0 Å². The normalized spacial score (nSPS) is 10.2. The van der Waals surface area contributed by atoms with Crippen molar-refractivity contribution in [3.05, 3.63) is 24.3 Å². The van der Waals surface area contributed by atoms with Crippen LogP contribution in [0.4, 0.5) is 0 Å². The predicted molar refractivity (Wildman–Crippen MR) is 64.6 cm³/mol. The van der Waals surface area contributed by atoms with E-state index in [0.717, 1.165) is 0 Å². The van der Waals surface area contributed by atoms with Crippen LogP contribution in [0.2, 0.25) is 0 Å². The maximum absolute atomic E-state index is 11.4. The Labute approximate surface area is 105 Å². The van der Waals surface area contributed by atoms with Gasteiger partial charge in [0, 0.05) is 0 Å². The molecular weight excluding hydrogens is 238 g/mol. The highest BCUT2D eigenvalue weighted by Crippen LogP contribution is 2.25. The molecule has 0 aromatic heterocycles. The fraction of sp³-hybridized carbons (Fsp3) is 0.417. The number of aliphatic hydroxyl groups is 2. The second-order valence-corrected chi connectivity index (χ2v) is 3.57. The van der Waals surface area contributed by atoms with Crippen LogP contribution in [0.25, 0.3) is 0 Å². The van der Waals surface area contributed by atoms with Crippen molar-refractivity contribution in [2.24, 2.45) is 0 Å². The van der Waals surface area contributed by atoms with Crippen LogP contribution >= 0.6 is 0 Å². The first-order valence-corrected chi connectivity index (χ1v) is 5.48. The molecule has 0 aliphatic rings. The summed E-state index contributed by atoms with van der Waals surface area (Å²) in [6.07, 6.45) is 0. The number of carbonyl (C=O) groups is 1. The highest BCUT2D eigenvalue weighted by Gasteiger charge is 2.11. The number of nitrogens with one attached hydrogen (secondary N) is 1. The molecule has 0 atom stereocenters. The highest BCUT2D eigenvalue weighted by atomic mass is 16.5. The fourth-order valence-corrected chi connectivity index (χ4v) is 1.30. The molecule has 6 nitrogen and oxygen atoms in total. The van der Waals surface area contributed by atoms with Crippen LogP contribution in [-0.2, 0) is 4.79 Å². The van der Waals surface area contributed by atoms with E-state index in [2.05, 4.69) is 5.32 Å². The maximum Gasteiger partial charge on any atom is 0.258 e. The summed E-state index contributed by atoms with van der Waals surface area (Å²) in [6.45, 7) is -0.856. The van der Waals surface area contributed by atoms with E-state index in [9.17, 15) is 4.79 Å². The Morgan fingerprint density at radius 3 is 2.44 bits per heavy atom. The molecule has 1 rings (SSSR count). The lowest BCUT2D eigenvalue weighted by molar-refractivity contribution is -0.124. The Morgan fingerprint density at radius 1 is 1.28 bits per heavy atom. The van der Waals surface area contributed by atoms with Crippen LogP contribution in [0, 0.1) is 0 Å². The maximum atomic E-state index is 11.4. The van der Waals surface area contributed by atoms with Gasteiger partial charge in [0.25, 0.3) is 5.91 Å². The fourth-order valence-electron chi connectivity index (χ4n) is 1.30. The second-order valence-electron chi connectivity index (χ2n) is 3.57. The highest BCUT2D eigenvalue weighted by molar-refractivity contribution is 5.77. The van der Waals surface area contributed by atoms with E-state index >= 15 is 0 Å². The number of benzene rings is 1. The lowest BCUT2D eigenvalue weighted by Gasteiger charge is -2.14. The van der Waals surface area contributed by atoms with Gasteiger partial charge in [0.2, 0.25) is 0 Å². The molecule has 6 heteroatoms. The zero-order valence-corrected chi connectivity index (χ0v) is 10.1. The quantitative estimate of drug-likeness (QED) is 0.614. The molecule has 1 amide bonds. The standard InChI is InChI=1S/C12H17NO5/c1-17-10-4-2-3-5-11(10)18-8-12(16)13-9(6-14)7-15/h2-5,9,14-15H,6-8H2,1H3,(H,13,16).